The number of allylic oxidation sites excluding steroid dienone is 1. The van der Waals surface area contributed by atoms with Crippen molar-refractivity contribution < 1.29 is 28.5 Å². The van der Waals surface area contributed by atoms with Gasteiger partial charge in [-0.1, -0.05) is 48.5 Å². The number of dihydropyridines is 1. The normalized spacial score (nSPS) is 19.2. The SMILES string of the molecule is CCOC(=O)C1=C(C)NC2=C(C(=O)OC(c3ccc(OC)c(OC)c3)C2)C1c1cccc2ccccc12. The molecule has 0 aromatic heterocycles. The molecule has 0 amide bonds. The summed E-state index contributed by atoms with van der Waals surface area (Å²) in [5.74, 6) is -0.396. The highest BCUT2D eigenvalue weighted by atomic mass is 16.5. The number of fused-ring (bicyclic) bond motifs is 1. The number of cyclic esters (lactones) is 1. The van der Waals surface area contributed by atoms with E-state index in [1.54, 1.807) is 27.2 Å². The van der Waals surface area contributed by atoms with Crippen molar-refractivity contribution in [3.63, 3.8) is 0 Å². The van der Waals surface area contributed by atoms with Gasteiger partial charge in [0.15, 0.2) is 11.5 Å². The van der Waals surface area contributed by atoms with Crippen molar-refractivity contribution in [2.75, 3.05) is 20.8 Å². The fourth-order valence-corrected chi connectivity index (χ4v) is 5.25. The van der Waals surface area contributed by atoms with Crippen LogP contribution in [0.3, 0.4) is 0 Å². The zero-order chi connectivity index (χ0) is 26.1. The summed E-state index contributed by atoms with van der Waals surface area (Å²) < 4.78 is 22.2. The van der Waals surface area contributed by atoms with Gasteiger partial charge in [-0.05, 0) is 47.9 Å². The van der Waals surface area contributed by atoms with Crippen molar-refractivity contribution >= 4 is 22.7 Å². The van der Waals surface area contributed by atoms with Gasteiger partial charge in [-0.3, -0.25) is 0 Å². The molecule has 2 unspecified atom stereocenters. The van der Waals surface area contributed by atoms with E-state index in [1.165, 1.54) is 0 Å². The number of methoxy groups -OCH3 is 2. The van der Waals surface area contributed by atoms with Crippen LogP contribution in [0.2, 0.25) is 0 Å². The minimum Gasteiger partial charge on any atom is -0.493 e. The van der Waals surface area contributed by atoms with Crippen LogP contribution in [0, 0.1) is 0 Å². The van der Waals surface area contributed by atoms with Crippen molar-refractivity contribution in [1.82, 2.24) is 5.32 Å². The van der Waals surface area contributed by atoms with Gasteiger partial charge in [0.2, 0.25) is 0 Å². The smallest absolute Gasteiger partial charge is 0.337 e. The summed E-state index contributed by atoms with van der Waals surface area (Å²) in [5.41, 5.74) is 3.89. The van der Waals surface area contributed by atoms with E-state index in [0.717, 1.165) is 27.6 Å². The van der Waals surface area contributed by atoms with Gasteiger partial charge >= 0.3 is 11.9 Å². The number of benzene rings is 3. The summed E-state index contributed by atoms with van der Waals surface area (Å²) in [4.78, 5) is 26.9. The van der Waals surface area contributed by atoms with Crippen LogP contribution in [0.5, 0.6) is 11.5 Å². The average Bonchev–Trinajstić information content (AvgIpc) is 2.91. The summed E-state index contributed by atoms with van der Waals surface area (Å²) in [6, 6.07) is 19.3. The minimum atomic E-state index is -0.625. The van der Waals surface area contributed by atoms with E-state index in [9.17, 15) is 9.59 Å². The predicted molar refractivity (Wildman–Crippen MR) is 139 cm³/mol. The maximum Gasteiger partial charge on any atom is 0.337 e. The van der Waals surface area contributed by atoms with Crippen molar-refractivity contribution in [3.8, 4) is 11.5 Å². The summed E-state index contributed by atoms with van der Waals surface area (Å²) in [5, 5.41) is 5.33. The van der Waals surface area contributed by atoms with Crippen LogP contribution in [0.25, 0.3) is 10.8 Å². The molecule has 2 heterocycles. The number of hydrogen-bond acceptors (Lipinski definition) is 7. The first kappa shape index (κ1) is 24.4. The van der Waals surface area contributed by atoms with E-state index in [-0.39, 0.29) is 6.61 Å². The lowest BCUT2D eigenvalue weighted by Gasteiger charge is -2.37. The molecular weight excluding hydrogens is 470 g/mol. The molecule has 7 nitrogen and oxygen atoms in total. The number of rotatable bonds is 6. The van der Waals surface area contributed by atoms with Gasteiger partial charge in [0.1, 0.15) is 6.10 Å². The summed E-state index contributed by atoms with van der Waals surface area (Å²) in [7, 11) is 3.14. The molecule has 0 spiro atoms. The molecule has 3 aromatic carbocycles. The van der Waals surface area contributed by atoms with Crippen LogP contribution in [0.4, 0.5) is 0 Å². The van der Waals surface area contributed by atoms with E-state index in [2.05, 4.69) is 5.32 Å². The molecule has 0 fully saturated rings. The van der Waals surface area contributed by atoms with Gasteiger partial charge in [0, 0.05) is 17.8 Å². The van der Waals surface area contributed by atoms with Crippen LogP contribution in [-0.4, -0.2) is 32.8 Å². The van der Waals surface area contributed by atoms with Crippen molar-refractivity contribution in [2.24, 2.45) is 0 Å². The molecule has 7 heteroatoms. The second kappa shape index (κ2) is 10.0. The third-order valence-corrected chi connectivity index (χ3v) is 6.91. The molecule has 5 rings (SSSR count). The van der Waals surface area contributed by atoms with Gasteiger partial charge < -0.3 is 24.3 Å². The quantitative estimate of drug-likeness (QED) is 0.460. The van der Waals surface area contributed by atoms with Crippen molar-refractivity contribution in [2.45, 2.75) is 32.3 Å². The molecule has 2 aliphatic rings. The number of esters is 2. The van der Waals surface area contributed by atoms with Crippen molar-refractivity contribution in [1.29, 1.82) is 0 Å². The van der Waals surface area contributed by atoms with Crippen molar-refractivity contribution in [3.05, 3.63) is 94.3 Å². The molecule has 2 aliphatic heterocycles. The molecular formula is C30H29NO6. The Morgan fingerprint density at radius 3 is 2.54 bits per heavy atom. The molecule has 2 atom stereocenters. The lowest BCUT2D eigenvalue weighted by Crippen LogP contribution is -2.37. The zero-order valence-electron chi connectivity index (χ0n) is 21.3. The van der Waals surface area contributed by atoms with Gasteiger partial charge in [-0.15, -0.1) is 0 Å². The molecule has 0 bridgehead atoms. The number of carbonyl (C=O) groups excluding carboxylic acids is 2. The molecule has 3 aromatic rings. The highest BCUT2D eigenvalue weighted by molar-refractivity contribution is 6.02. The van der Waals surface area contributed by atoms with Gasteiger partial charge in [0.25, 0.3) is 0 Å². The Labute approximate surface area is 215 Å². The number of nitrogens with one attached hydrogen (secondary N) is 1. The Bertz CT molecular complexity index is 1450. The molecule has 0 saturated carbocycles. The van der Waals surface area contributed by atoms with E-state index in [0.29, 0.717) is 34.8 Å². The zero-order valence-corrected chi connectivity index (χ0v) is 21.3. The lowest BCUT2D eigenvalue weighted by atomic mass is 9.77. The molecule has 190 valence electrons. The second-order valence-corrected chi connectivity index (χ2v) is 8.99. The third kappa shape index (κ3) is 4.31. The average molecular weight is 500 g/mol. The Morgan fingerprint density at radius 2 is 1.78 bits per heavy atom. The van der Waals surface area contributed by atoms with E-state index in [1.807, 2.05) is 61.5 Å². The highest BCUT2D eigenvalue weighted by Crippen LogP contribution is 2.46. The van der Waals surface area contributed by atoms with Crippen LogP contribution in [-0.2, 0) is 19.1 Å². The van der Waals surface area contributed by atoms with Gasteiger partial charge in [0.05, 0.1) is 37.9 Å². The third-order valence-electron chi connectivity index (χ3n) is 6.91. The topological polar surface area (TPSA) is 83.1 Å². The Hall–Kier alpha value is -4.26. The number of ether oxygens (including phenoxy) is 4. The maximum absolute atomic E-state index is 13.7. The fourth-order valence-electron chi connectivity index (χ4n) is 5.25. The molecule has 0 aliphatic carbocycles. The molecule has 1 N–H and O–H groups in total. The Morgan fingerprint density at radius 1 is 1.03 bits per heavy atom. The standard InChI is InChI=1S/C30H29NO6/c1-5-36-29(32)26-17(2)31-22-16-24(19-13-14-23(34-3)25(15-19)35-4)37-30(33)28(22)27(26)21-12-8-10-18-9-6-7-11-20(18)21/h6-15,24,27,31H,5,16H2,1-4H3. The number of hydrogen-bond donors (Lipinski definition) is 1. The Balaban J connectivity index is 1.63. The van der Waals surface area contributed by atoms with Gasteiger partial charge in [-0.25, -0.2) is 9.59 Å². The van der Waals surface area contributed by atoms with Crippen LogP contribution in [0.1, 0.15) is 43.4 Å². The minimum absolute atomic E-state index is 0.232. The van der Waals surface area contributed by atoms with E-state index in [4.69, 9.17) is 18.9 Å². The summed E-state index contributed by atoms with van der Waals surface area (Å²) >= 11 is 0. The summed E-state index contributed by atoms with van der Waals surface area (Å²) in [6.07, 6.45) is -0.102. The lowest BCUT2D eigenvalue weighted by molar-refractivity contribution is -0.146. The van der Waals surface area contributed by atoms with Gasteiger partial charge in [-0.2, -0.15) is 0 Å². The first-order chi connectivity index (χ1) is 18.0. The second-order valence-electron chi connectivity index (χ2n) is 8.99. The van der Waals surface area contributed by atoms with Crippen LogP contribution < -0.4 is 14.8 Å². The molecule has 0 radical (unpaired) electrons. The Kier molecular flexibility index (Phi) is 6.61. The maximum atomic E-state index is 13.7. The fraction of sp³-hybridized carbons (Fsp3) is 0.267. The largest absolute Gasteiger partial charge is 0.493 e. The van der Waals surface area contributed by atoms with E-state index < -0.39 is 24.0 Å². The first-order valence-corrected chi connectivity index (χ1v) is 12.2. The number of carbonyl (C=O) groups is 2. The molecule has 0 saturated heterocycles. The monoisotopic (exact) mass is 499 g/mol. The van der Waals surface area contributed by atoms with E-state index >= 15 is 0 Å². The highest BCUT2D eigenvalue weighted by Gasteiger charge is 2.43. The van der Waals surface area contributed by atoms with Crippen LogP contribution >= 0.6 is 0 Å². The first-order valence-electron chi connectivity index (χ1n) is 12.2. The summed E-state index contributed by atoms with van der Waals surface area (Å²) in [6.45, 7) is 3.85. The van der Waals surface area contributed by atoms with Crippen LogP contribution in [0.15, 0.2) is 83.2 Å². The molecule has 37 heavy (non-hydrogen) atoms. The predicted octanol–water partition coefficient (Wildman–Crippen LogP) is 5.32.